The minimum atomic E-state index is -3.80. The van der Waals surface area contributed by atoms with Crippen molar-refractivity contribution in [3.8, 4) is 5.75 Å². The Bertz CT molecular complexity index is 1480. The van der Waals surface area contributed by atoms with Crippen LogP contribution < -0.4 is 20.7 Å². The molecule has 2 aromatic carbocycles. The largest absolute Gasteiger partial charge is 0.496 e. The Hall–Kier alpha value is -3.20. The van der Waals surface area contributed by atoms with Crippen LogP contribution in [0.25, 0.3) is 0 Å². The van der Waals surface area contributed by atoms with Gasteiger partial charge in [-0.25, -0.2) is 13.4 Å². The normalized spacial score (nSPS) is 16.2. The molecule has 0 bridgehead atoms. The van der Waals surface area contributed by atoms with Gasteiger partial charge in [-0.1, -0.05) is 26.8 Å². The van der Waals surface area contributed by atoms with E-state index in [2.05, 4.69) is 4.98 Å². The molecule has 0 fully saturated rings. The molecule has 4 rings (SSSR count). The number of nitrogens with zero attached hydrogens (tertiary/aromatic N) is 3. The molecular formula is C28H35N4O5PS. The maximum Gasteiger partial charge on any atom is 0.304 e. The number of rotatable bonds is 9. The summed E-state index contributed by atoms with van der Waals surface area (Å²) in [5, 5.41) is 10.7. The van der Waals surface area contributed by atoms with Gasteiger partial charge in [-0.15, -0.1) is 0 Å². The number of ether oxygens (including phenoxy) is 1. The molecule has 11 heteroatoms. The number of sulfonamides is 1. The molecule has 0 saturated carbocycles. The van der Waals surface area contributed by atoms with Crippen LogP contribution in [0, 0.1) is 6.92 Å². The van der Waals surface area contributed by atoms with E-state index < -0.39 is 21.9 Å². The zero-order chi connectivity index (χ0) is 28.3. The van der Waals surface area contributed by atoms with Crippen molar-refractivity contribution in [3.05, 3.63) is 70.9 Å². The summed E-state index contributed by atoms with van der Waals surface area (Å²) in [5.74, 6) is -0.331. The maximum absolute atomic E-state index is 13.7. The van der Waals surface area contributed by atoms with Gasteiger partial charge < -0.3 is 20.5 Å². The van der Waals surface area contributed by atoms with Crippen molar-refractivity contribution in [2.75, 3.05) is 44.0 Å². The van der Waals surface area contributed by atoms with Crippen LogP contribution in [0.4, 0.5) is 11.5 Å². The Morgan fingerprint density at radius 2 is 1.97 bits per heavy atom. The standard InChI is InChI=1S/C28H35N4O5PS/c1-5-31-11-12-32(39(35,36)25-7-6-10-30-28(25)31)17-21-13-19(9-8-18(21)2)22(16-26(33)34)20-14-23(29)27(38-4)24(15-20)37-3/h6-10,13-15,22,38H,5,11-12,16-17,29H2,1-4H3,(H,33,34). The van der Waals surface area contributed by atoms with Crippen LogP contribution in [0.2, 0.25) is 0 Å². The molecule has 0 amide bonds. The lowest BCUT2D eigenvalue weighted by Gasteiger charge is -2.24. The molecule has 2 atom stereocenters. The predicted octanol–water partition coefficient (Wildman–Crippen LogP) is 3.55. The van der Waals surface area contributed by atoms with Gasteiger partial charge in [0, 0.05) is 49.3 Å². The molecule has 0 saturated heterocycles. The molecule has 1 aliphatic heterocycles. The van der Waals surface area contributed by atoms with Gasteiger partial charge in [0.05, 0.1) is 13.5 Å². The molecule has 2 unspecified atom stereocenters. The van der Waals surface area contributed by atoms with Crippen LogP contribution in [0.15, 0.2) is 53.6 Å². The number of carboxylic acids is 1. The molecule has 39 heavy (non-hydrogen) atoms. The Kier molecular flexibility index (Phi) is 8.79. The van der Waals surface area contributed by atoms with Crippen LogP contribution in [0.1, 0.15) is 41.5 Å². The summed E-state index contributed by atoms with van der Waals surface area (Å²) in [6.07, 6.45) is 1.46. The van der Waals surface area contributed by atoms with Gasteiger partial charge >= 0.3 is 5.97 Å². The van der Waals surface area contributed by atoms with Gasteiger partial charge in [-0.05, 0) is 67.0 Å². The number of nitrogens with two attached hydrogens (primary N) is 1. The number of anilines is 2. The van der Waals surface area contributed by atoms with E-state index in [0.29, 0.717) is 45.5 Å². The number of aryl methyl sites for hydroxylation is 1. The number of hydrogen-bond donors (Lipinski definition) is 2. The minimum Gasteiger partial charge on any atom is -0.496 e. The van der Waals surface area contributed by atoms with E-state index in [-0.39, 0.29) is 17.9 Å². The number of aliphatic carboxylic acids is 1. The highest BCUT2D eigenvalue weighted by molar-refractivity contribution is 7.89. The zero-order valence-electron chi connectivity index (χ0n) is 22.6. The average molecular weight is 571 g/mol. The van der Waals surface area contributed by atoms with Crippen molar-refractivity contribution in [1.29, 1.82) is 0 Å². The van der Waals surface area contributed by atoms with E-state index in [9.17, 15) is 18.3 Å². The van der Waals surface area contributed by atoms with Crippen molar-refractivity contribution in [2.45, 2.75) is 37.6 Å². The van der Waals surface area contributed by atoms with Gasteiger partial charge in [0.2, 0.25) is 10.0 Å². The lowest BCUT2D eigenvalue weighted by Crippen LogP contribution is -2.34. The third-order valence-corrected chi connectivity index (χ3v) is 10.1. The van der Waals surface area contributed by atoms with Gasteiger partial charge in [0.15, 0.2) is 0 Å². The summed E-state index contributed by atoms with van der Waals surface area (Å²) in [6, 6.07) is 12.7. The first kappa shape index (κ1) is 28.8. The number of carbonyl (C=O) groups is 1. The molecule has 1 aliphatic rings. The number of nitrogen functional groups attached to an aromatic ring is 1. The van der Waals surface area contributed by atoms with E-state index in [1.54, 1.807) is 25.4 Å². The third-order valence-electron chi connectivity index (χ3n) is 7.20. The first-order valence-corrected chi connectivity index (χ1v) is 15.7. The summed E-state index contributed by atoms with van der Waals surface area (Å²) >= 11 is 0. The Morgan fingerprint density at radius 3 is 2.64 bits per heavy atom. The molecule has 1 aromatic heterocycles. The van der Waals surface area contributed by atoms with E-state index in [1.165, 1.54) is 4.31 Å². The highest BCUT2D eigenvalue weighted by Crippen LogP contribution is 2.35. The van der Waals surface area contributed by atoms with Crippen molar-refractivity contribution in [2.24, 2.45) is 0 Å². The quantitative estimate of drug-likeness (QED) is 0.296. The number of methoxy groups -OCH3 is 1. The predicted molar refractivity (Wildman–Crippen MR) is 156 cm³/mol. The maximum atomic E-state index is 13.7. The smallest absolute Gasteiger partial charge is 0.304 e. The summed E-state index contributed by atoms with van der Waals surface area (Å²) < 4.78 is 34.5. The zero-order valence-corrected chi connectivity index (χ0v) is 24.5. The molecule has 208 valence electrons. The fraction of sp³-hybridized carbons (Fsp3) is 0.357. The Labute approximate surface area is 231 Å². The second-order valence-electron chi connectivity index (χ2n) is 9.52. The number of aromatic nitrogens is 1. The molecule has 9 nitrogen and oxygen atoms in total. The van der Waals surface area contributed by atoms with Crippen LogP contribution in [0.5, 0.6) is 5.75 Å². The molecule has 3 aromatic rings. The topological polar surface area (TPSA) is 126 Å². The number of fused-ring (bicyclic) bond motifs is 1. The monoisotopic (exact) mass is 570 g/mol. The van der Waals surface area contributed by atoms with Gasteiger partial charge in [-0.3, -0.25) is 4.79 Å². The molecule has 3 N–H and O–H groups in total. The van der Waals surface area contributed by atoms with Crippen molar-refractivity contribution in [1.82, 2.24) is 9.29 Å². The first-order chi connectivity index (χ1) is 18.6. The fourth-order valence-electron chi connectivity index (χ4n) is 5.05. The number of benzene rings is 2. The van der Waals surface area contributed by atoms with Crippen molar-refractivity contribution >= 4 is 41.4 Å². The number of carboxylic acid groups (broad SMARTS) is 1. The summed E-state index contributed by atoms with van der Waals surface area (Å²) in [6.45, 7) is 7.55. The molecular weight excluding hydrogens is 535 g/mol. The van der Waals surface area contributed by atoms with Gasteiger partial charge in [0.25, 0.3) is 0 Å². The lowest BCUT2D eigenvalue weighted by molar-refractivity contribution is -0.137. The second-order valence-corrected chi connectivity index (χ2v) is 12.4. The van der Waals surface area contributed by atoms with Crippen LogP contribution in [0.3, 0.4) is 0 Å². The van der Waals surface area contributed by atoms with E-state index in [1.807, 2.05) is 55.7 Å². The SMILES string of the molecule is CCN1CCN(Cc2cc(C(CC(=O)O)c3cc(N)c(PC)c(OC)c3)ccc2C)S(=O)(=O)c2cccnc21. The highest BCUT2D eigenvalue weighted by Gasteiger charge is 2.33. The lowest BCUT2D eigenvalue weighted by atomic mass is 9.86. The molecule has 0 spiro atoms. The van der Waals surface area contributed by atoms with Crippen LogP contribution >= 0.6 is 8.58 Å². The minimum absolute atomic E-state index is 0.147. The molecule has 0 aliphatic carbocycles. The van der Waals surface area contributed by atoms with E-state index in [4.69, 9.17) is 10.5 Å². The van der Waals surface area contributed by atoms with E-state index >= 15 is 0 Å². The number of hydrogen-bond acceptors (Lipinski definition) is 7. The Balaban J connectivity index is 1.75. The number of likely N-dealkylation sites (N-methyl/N-ethyl adjacent to an activating group) is 1. The van der Waals surface area contributed by atoms with Crippen molar-refractivity contribution < 1.29 is 23.1 Å². The summed E-state index contributed by atoms with van der Waals surface area (Å²) in [7, 11) is -1.80. The summed E-state index contributed by atoms with van der Waals surface area (Å²) in [5.41, 5.74) is 10.2. The third kappa shape index (κ3) is 5.88. The second kappa shape index (κ2) is 11.9. The molecule has 2 heterocycles. The van der Waals surface area contributed by atoms with Crippen molar-refractivity contribution in [3.63, 3.8) is 0 Å². The Morgan fingerprint density at radius 1 is 1.21 bits per heavy atom. The average Bonchev–Trinajstić information content (AvgIpc) is 3.01. The van der Waals surface area contributed by atoms with E-state index in [0.717, 1.165) is 27.6 Å². The first-order valence-electron chi connectivity index (χ1n) is 12.8. The van der Waals surface area contributed by atoms with Gasteiger partial charge in [0.1, 0.15) is 16.5 Å². The summed E-state index contributed by atoms with van der Waals surface area (Å²) in [4.78, 5) is 18.5. The number of pyridine rings is 1. The van der Waals surface area contributed by atoms with Crippen LogP contribution in [-0.2, 0) is 21.4 Å². The van der Waals surface area contributed by atoms with Crippen LogP contribution in [-0.4, -0.2) is 62.2 Å². The highest BCUT2D eigenvalue weighted by atomic mass is 32.2. The van der Waals surface area contributed by atoms with Gasteiger partial charge in [-0.2, -0.15) is 4.31 Å². The fourth-order valence-corrected chi connectivity index (χ4v) is 7.40. The molecule has 0 radical (unpaired) electrons.